The molecule has 0 fully saturated rings. The molecule has 0 aliphatic carbocycles. The van der Waals surface area contributed by atoms with Crippen molar-refractivity contribution in [1.29, 1.82) is 0 Å². The summed E-state index contributed by atoms with van der Waals surface area (Å²) in [7, 11) is 1.52. The molecule has 0 aromatic heterocycles. The Bertz CT molecular complexity index is 202. The fourth-order valence-electron chi connectivity index (χ4n) is 0.637. The second-order valence-electron chi connectivity index (χ2n) is 2.22. The average molecular weight is 168 g/mol. The Hall–Kier alpha value is -1.22. The van der Waals surface area contributed by atoms with E-state index in [1.54, 1.807) is 6.08 Å². The number of hydrogen-bond acceptors (Lipinski definition) is 3. The van der Waals surface area contributed by atoms with Gasteiger partial charge in [-0.2, -0.15) is 0 Å². The summed E-state index contributed by atoms with van der Waals surface area (Å²) in [6, 6.07) is 0. The Morgan fingerprint density at radius 3 is 2.58 bits per heavy atom. The molecule has 0 unspecified atom stereocenters. The molecule has 0 aliphatic heterocycles. The van der Waals surface area contributed by atoms with Crippen molar-refractivity contribution in [1.82, 2.24) is 0 Å². The summed E-state index contributed by atoms with van der Waals surface area (Å²) in [6.07, 6.45) is 7.43. The molecule has 0 heterocycles. The zero-order valence-corrected chi connectivity index (χ0v) is 7.58. The third-order valence-corrected chi connectivity index (χ3v) is 1.30. The second-order valence-corrected chi connectivity index (χ2v) is 2.22. The lowest BCUT2D eigenvalue weighted by atomic mass is 10.2. The Kier molecular flexibility index (Phi) is 5.83. The predicted molar refractivity (Wildman–Crippen MR) is 51.2 cm³/mol. The lowest BCUT2D eigenvalue weighted by Gasteiger charge is -1.99. The minimum atomic E-state index is 0.371. The molecule has 3 nitrogen and oxygen atoms in total. The normalized spacial score (nSPS) is 13.9. The molecule has 0 aromatic carbocycles. The first-order valence-corrected chi connectivity index (χ1v) is 3.77. The average Bonchev–Trinajstić information content (AvgIpc) is 2.11. The van der Waals surface area contributed by atoms with Gasteiger partial charge >= 0.3 is 0 Å². The zero-order valence-electron chi connectivity index (χ0n) is 7.58. The van der Waals surface area contributed by atoms with Crippen LogP contribution in [-0.4, -0.2) is 13.7 Å². The Morgan fingerprint density at radius 1 is 1.50 bits per heavy atom. The van der Waals surface area contributed by atoms with Crippen LogP contribution >= 0.6 is 0 Å². The number of allylic oxidation sites excluding steroid dienone is 3. The van der Waals surface area contributed by atoms with Crippen LogP contribution in [0.5, 0.6) is 0 Å². The number of rotatable bonds is 4. The summed E-state index contributed by atoms with van der Waals surface area (Å²) in [5, 5.41) is 0. The lowest BCUT2D eigenvalue weighted by molar-refractivity contribution is 0.287. The van der Waals surface area contributed by atoms with Crippen molar-refractivity contribution in [2.75, 3.05) is 13.7 Å². The SMILES string of the molecule is C\C=C/C=C(\C=C(/N)OC)CN. The molecule has 0 amide bonds. The predicted octanol–water partition coefficient (Wildman–Crippen LogP) is 0.894. The first-order chi connectivity index (χ1) is 5.74. The van der Waals surface area contributed by atoms with E-state index in [2.05, 4.69) is 0 Å². The smallest absolute Gasteiger partial charge is 0.183 e. The molecule has 0 aromatic rings. The highest BCUT2D eigenvalue weighted by molar-refractivity contribution is 5.25. The number of ether oxygens (including phenoxy) is 1. The highest BCUT2D eigenvalue weighted by Crippen LogP contribution is 1.97. The van der Waals surface area contributed by atoms with Gasteiger partial charge in [0.1, 0.15) is 0 Å². The quantitative estimate of drug-likeness (QED) is 0.484. The standard InChI is InChI=1S/C9H16N2O/c1-3-4-5-8(7-10)6-9(11)12-2/h3-6H,7,10-11H2,1-2H3/b4-3-,8-5+,9-6+. The van der Waals surface area contributed by atoms with Gasteiger partial charge in [-0.1, -0.05) is 18.2 Å². The van der Waals surface area contributed by atoms with Crippen molar-refractivity contribution in [3.63, 3.8) is 0 Å². The van der Waals surface area contributed by atoms with Gasteiger partial charge in [-0.05, 0) is 12.5 Å². The van der Waals surface area contributed by atoms with Gasteiger partial charge in [-0.15, -0.1) is 0 Å². The summed E-state index contributed by atoms with van der Waals surface area (Å²) in [4.78, 5) is 0. The van der Waals surface area contributed by atoms with Crippen LogP contribution in [0.1, 0.15) is 6.92 Å². The van der Waals surface area contributed by atoms with Crippen LogP contribution in [0.3, 0.4) is 0 Å². The largest absolute Gasteiger partial charge is 0.483 e. The molecule has 68 valence electrons. The van der Waals surface area contributed by atoms with Crippen molar-refractivity contribution >= 4 is 0 Å². The fraction of sp³-hybridized carbons (Fsp3) is 0.333. The third kappa shape index (κ3) is 4.57. The van der Waals surface area contributed by atoms with Gasteiger partial charge in [-0.3, -0.25) is 0 Å². The summed E-state index contributed by atoms with van der Waals surface area (Å²) in [6.45, 7) is 2.39. The van der Waals surface area contributed by atoms with E-state index in [1.165, 1.54) is 7.11 Å². The molecule has 0 radical (unpaired) electrons. The fourth-order valence-corrected chi connectivity index (χ4v) is 0.637. The van der Waals surface area contributed by atoms with E-state index in [4.69, 9.17) is 16.2 Å². The molecule has 0 bridgehead atoms. The highest BCUT2D eigenvalue weighted by atomic mass is 16.5. The molecule has 3 heteroatoms. The first kappa shape index (κ1) is 10.8. The van der Waals surface area contributed by atoms with Gasteiger partial charge in [0.15, 0.2) is 5.88 Å². The highest BCUT2D eigenvalue weighted by Gasteiger charge is 1.90. The van der Waals surface area contributed by atoms with Crippen LogP contribution in [0.15, 0.2) is 35.8 Å². The maximum atomic E-state index is 5.46. The van der Waals surface area contributed by atoms with Crippen molar-refractivity contribution in [2.24, 2.45) is 11.5 Å². The minimum Gasteiger partial charge on any atom is -0.483 e. The van der Waals surface area contributed by atoms with Crippen LogP contribution in [0, 0.1) is 0 Å². The van der Waals surface area contributed by atoms with Crippen molar-refractivity contribution in [3.05, 3.63) is 35.8 Å². The molecular formula is C9H16N2O. The van der Waals surface area contributed by atoms with Gasteiger partial charge in [-0.25, -0.2) is 0 Å². The molecule has 0 atom stereocenters. The topological polar surface area (TPSA) is 61.3 Å². The maximum absolute atomic E-state index is 5.46. The minimum absolute atomic E-state index is 0.371. The second kappa shape index (κ2) is 6.49. The van der Waals surface area contributed by atoms with Crippen molar-refractivity contribution < 1.29 is 4.74 Å². The molecular weight excluding hydrogens is 152 g/mol. The molecule has 0 aliphatic rings. The van der Waals surface area contributed by atoms with Gasteiger partial charge in [0, 0.05) is 12.6 Å². The zero-order chi connectivity index (χ0) is 9.40. The van der Waals surface area contributed by atoms with E-state index >= 15 is 0 Å². The summed E-state index contributed by atoms with van der Waals surface area (Å²) < 4.78 is 4.78. The van der Waals surface area contributed by atoms with Gasteiger partial charge < -0.3 is 16.2 Å². The summed E-state index contributed by atoms with van der Waals surface area (Å²) in [5.41, 5.74) is 11.8. The van der Waals surface area contributed by atoms with Crippen LogP contribution in [0.2, 0.25) is 0 Å². The van der Waals surface area contributed by atoms with Crippen LogP contribution in [-0.2, 0) is 4.74 Å². The van der Waals surface area contributed by atoms with Gasteiger partial charge in [0.25, 0.3) is 0 Å². The van der Waals surface area contributed by atoms with E-state index < -0.39 is 0 Å². The van der Waals surface area contributed by atoms with Gasteiger partial charge in [0.05, 0.1) is 7.11 Å². The monoisotopic (exact) mass is 168 g/mol. The molecule has 4 N–H and O–H groups in total. The number of hydrogen-bond donors (Lipinski definition) is 2. The molecule has 0 saturated heterocycles. The Balaban J connectivity index is 4.35. The van der Waals surface area contributed by atoms with Crippen molar-refractivity contribution in [2.45, 2.75) is 6.92 Å². The Morgan fingerprint density at radius 2 is 2.17 bits per heavy atom. The number of nitrogens with two attached hydrogens (primary N) is 2. The van der Waals surface area contributed by atoms with Gasteiger partial charge in [0.2, 0.25) is 0 Å². The third-order valence-electron chi connectivity index (χ3n) is 1.30. The number of methoxy groups -OCH3 is 1. The van der Waals surface area contributed by atoms with Crippen LogP contribution in [0.25, 0.3) is 0 Å². The molecule has 12 heavy (non-hydrogen) atoms. The van der Waals surface area contributed by atoms with E-state index in [9.17, 15) is 0 Å². The molecule has 0 rings (SSSR count). The summed E-state index contributed by atoms with van der Waals surface area (Å²) >= 11 is 0. The van der Waals surface area contributed by atoms with E-state index in [1.807, 2.05) is 25.2 Å². The first-order valence-electron chi connectivity index (χ1n) is 3.77. The van der Waals surface area contributed by atoms with E-state index in [-0.39, 0.29) is 0 Å². The molecule has 0 saturated carbocycles. The molecule has 0 spiro atoms. The Labute approximate surface area is 73.4 Å². The van der Waals surface area contributed by atoms with E-state index in [0.717, 1.165) is 5.57 Å². The summed E-state index contributed by atoms with van der Waals surface area (Å²) in [5.74, 6) is 0.371. The van der Waals surface area contributed by atoms with Crippen LogP contribution < -0.4 is 11.5 Å². The van der Waals surface area contributed by atoms with E-state index in [0.29, 0.717) is 12.4 Å². The maximum Gasteiger partial charge on any atom is 0.183 e. The lowest BCUT2D eigenvalue weighted by Crippen LogP contribution is -2.05. The van der Waals surface area contributed by atoms with Crippen molar-refractivity contribution in [3.8, 4) is 0 Å². The van der Waals surface area contributed by atoms with Crippen LogP contribution in [0.4, 0.5) is 0 Å².